The van der Waals surface area contributed by atoms with Crippen molar-refractivity contribution in [3.05, 3.63) is 84.1 Å². The number of aromatic nitrogens is 2. The summed E-state index contributed by atoms with van der Waals surface area (Å²) in [4.78, 5) is 21.4. The van der Waals surface area contributed by atoms with Gasteiger partial charge in [-0.15, -0.1) is 0 Å². The Balaban J connectivity index is 1.61. The number of para-hydroxylation sites is 1. The normalized spacial score (nSPS) is 12.4. The number of halogens is 3. The minimum absolute atomic E-state index is 0.0424. The van der Waals surface area contributed by atoms with Gasteiger partial charge in [-0.1, -0.05) is 42.5 Å². The topological polar surface area (TPSA) is 105 Å². The highest BCUT2D eigenvalue weighted by Crippen LogP contribution is 2.34. The first-order chi connectivity index (χ1) is 16.7. The molecule has 10 heteroatoms. The van der Waals surface area contributed by atoms with Crippen LogP contribution in [0.3, 0.4) is 0 Å². The zero-order valence-corrected chi connectivity index (χ0v) is 18.2. The largest absolute Gasteiger partial charge is 0.475 e. The number of alkyl halides is 3. The summed E-state index contributed by atoms with van der Waals surface area (Å²) in [6.07, 6.45) is -5.55. The van der Waals surface area contributed by atoms with Crippen LogP contribution in [0.1, 0.15) is 16.1 Å². The van der Waals surface area contributed by atoms with Crippen molar-refractivity contribution in [2.45, 2.75) is 12.3 Å². The van der Waals surface area contributed by atoms with Crippen molar-refractivity contribution in [1.82, 2.24) is 9.97 Å². The second-order valence-electron chi connectivity index (χ2n) is 7.61. The Kier molecular flexibility index (Phi) is 6.94. The number of benzene rings is 2. The number of nitrogens with one attached hydrogen (secondary N) is 1. The van der Waals surface area contributed by atoms with Crippen LogP contribution in [0, 0.1) is 0 Å². The quantitative estimate of drug-likeness (QED) is 0.362. The zero-order chi connectivity index (χ0) is 25.0. The number of hydrogen-bond donors (Lipinski definition) is 3. The molecule has 0 aliphatic heterocycles. The average molecular weight is 483 g/mol. The molecule has 7 nitrogen and oxygen atoms in total. The number of carbonyl (C=O) groups excluding carboxylic acids is 1. The van der Waals surface area contributed by atoms with Gasteiger partial charge in [0.15, 0.2) is 0 Å². The lowest BCUT2D eigenvalue weighted by Crippen LogP contribution is -2.21. The van der Waals surface area contributed by atoms with Gasteiger partial charge in [0.1, 0.15) is 24.2 Å². The van der Waals surface area contributed by atoms with Crippen LogP contribution in [-0.2, 0) is 6.18 Å². The summed E-state index contributed by atoms with van der Waals surface area (Å²) in [5.74, 6) is -0.279. The molecular formula is C25H20F3N3O4. The molecule has 0 spiro atoms. The zero-order valence-electron chi connectivity index (χ0n) is 18.2. The third-order valence-electron chi connectivity index (χ3n) is 5.05. The lowest BCUT2D eigenvalue weighted by molar-refractivity contribution is -0.137. The number of amides is 1. The fraction of sp³-hybridized carbons (Fsp3) is 0.160. The van der Waals surface area contributed by atoms with Crippen LogP contribution in [0.25, 0.3) is 22.0 Å². The van der Waals surface area contributed by atoms with E-state index < -0.39 is 30.4 Å². The highest BCUT2D eigenvalue weighted by Gasteiger charge is 2.30. The second-order valence-corrected chi connectivity index (χ2v) is 7.61. The summed E-state index contributed by atoms with van der Waals surface area (Å²) in [7, 11) is 0. The van der Waals surface area contributed by atoms with E-state index in [1.165, 1.54) is 24.3 Å². The molecule has 0 bridgehead atoms. The predicted molar refractivity (Wildman–Crippen MR) is 123 cm³/mol. The molecule has 1 amide bonds. The van der Waals surface area contributed by atoms with Gasteiger partial charge in [0.2, 0.25) is 5.88 Å². The maximum Gasteiger partial charge on any atom is 0.416 e. The number of aliphatic hydroxyl groups excluding tert-OH is 2. The predicted octanol–water partition coefficient (Wildman–Crippen LogP) is 4.30. The smallest absolute Gasteiger partial charge is 0.416 e. The fourth-order valence-electron chi connectivity index (χ4n) is 3.35. The molecule has 2 aromatic heterocycles. The first kappa shape index (κ1) is 24.1. The second kappa shape index (κ2) is 10.1. The summed E-state index contributed by atoms with van der Waals surface area (Å²) in [6.45, 7) is -0.641. The molecule has 1 atom stereocenters. The molecule has 3 N–H and O–H groups in total. The van der Waals surface area contributed by atoms with Gasteiger partial charge < -0.3 is 20.3 Å². The van der Waals surface area contributed by atoms with E-state index in [1.54, 1.807) is 36.4 Å². The van der Waals surface area contributed by atoms with Crippen LogP contribution >= 0.6 is 0 Å². The van der Waals surface area contributed by atoms with Crippen molar-refractivity contribution in [3.63, 3.8) is 0 Å². The van der Waals surface area contributed by atoms with Crippen LogP contribution < -0.4 is 10.1 Å². The van der Waals surface area contributed by atoms with Crippen molar-refractivity contribution in [3.8, 4) is 17.0 Å². The van der Waals surface area contributed by atoms with Crippen molar-refractivity contribution in [2.75, 3.05) is 18.5 Å². The van der Waals surface area contributed by atoms with Crippen molar-refractivity contribution >= 4 is 22.6 Å². The van der Waals surface area contributed by atoms with Crippen LogP contribution in [0.15, 0.2) is 72.8 Å². The van der Waals surface area contributed by atoms with Crippen LogP contribution in [-0.4, -0.2) is 45.4 Å². The molecule has 4 aromatic rings. The van der Waals surface area contributed by atoms with Crippen LogP contribution in [0.5, 0.6) is 5.88 Å². The minimum Gasteiger partial charge on any atom is -0.475 e. The van der Waals surface area contributed by atoms with E-state index in [9.17, 15) is 23.1 Å². The summed E-state index contributed by atoms with van der Waals surface area (Å²) in [5.41, 5.74) is 0.426. The molecule has 0 saturated carbocycles. The van der Waals surface area contributed by atoms with Gasteiger partial charge in [0, 0.05) is 17.0 Å². The third kappa shape index (κ3) is 5.73. The Morgan fingerprint density at radius 3 is 2.54 bits per heavy atom. The maximum atomic E-state index is 13.2. The van der Waals surface area contributed by atoms with Crippen LogP contribution in [0.4, 0.5) is 19.0 Å². The number of aliphatic hydroxyl groups is 2. The van der Waals surface area contributed by atoms with E-state index in [0.717, 1.165) is 12.1 Å². The number of hydrogen-bond acceptors (Lipinski definition) is 6. The average Bonchev–Trinajstić information content (AvgIpc) is 2.86. The number of nitrogens with zero attached hydrogens (tertiary/aromatic N) is 2. The number of anilines is 1. The Labute approximate surface area is 197 Å². The Bertz CT molecular complexity index is 1360. The number of ether oxygens (including phenoxy) is 1. The van der Waals surface area contributed by atoms with Crippen molar-refractivity contribution < 1.29 is 32.9 Å². The van der Waals surface area contributed by atoms with E-state index >= 15 is 0 Å². The van der Waals surface area contributed by atoms with Crippen molar-refractivity contribution in [2.24, 2.45) is 0 Å². The SMILES string of the molecule is O=C(Nc1cccc(OC[C@@H](O)CO)n1)c1ccc2cccc(-c3cccc(C(F)(F)F)c3)c2n1. The molecule has 0 aliphatic rings. The molecule has 0 saturated heterocycles. The van der Waals surface area contributed by atoms with E-state index in [-0.39, 0.29) is 24.0 Å². The summed E-state index contributed by atoms with van der Waals surface area (Å²) in [6, 6.07) is 17.9. The lowest BCUT2D eigenvalue weighted by Gasteiger charge is -2.12. The molecule has 0 radical (unpaired) electrons. The molecule has 35 heavy (non-hydrogen) atoms. The highest BCUT2D eigenvalue weighted by molar-refractivity contribution is 6.04. The summed E-state index contributed by atoms with van der Waals surface area (Å²) >= 11 is 0. The van der Waals surface area contributed by atoms with Gasteiger partial charge in [0.05, 0.1) is 17.7 Å². The first-order valence-electron chi connectivity index (χ1n) is 10.5. The third-order valence-corrected chi connectivity index (χ3v) is 5.05. The van der Waals surface area contributed by atoms with Gasteiger partial charge in [-0.25, -0.2) is 4.98 Å². The van der Waals surface area contributed by atoms with Gasteiger partial charge in [-0.3, -0.25) is 4.79 Å². The Morgan fingerprint density at radius 1 is 1.00 bits per heavy atom. The molecule has 0 fully saturated rings. The van der Waals surface area contributed by atoms with Gasteiger partial charge in [-0.2, -0.15) is 18.2 Å². The number of carbonyl (C=O) groups is 1. The van der Waals surface area contributed by atoms with E-state index in [1.807, 2.05) is 0 Å². The lowest BCUT2D eigenvalue weighted by atomic mass is 9.99. The molecule has 180 valence electrons. The van der Waals surface area contributed by atoms with Gasteiger partial charge >= 0.3 is 6.18 Å². The summed E-state index contributed by atoms with van der Waals surface area (Å²) in [5, 5.41) is 21.5. The minimum atomic E-state index is -4.49. The molecule has 2 aromatic carbocycles. The standard InChI is InChI=1S/C25H20F3N3O4/c26-25(27,28)17-6-1-5-16(12-17)19-7-2-4-15-10-11-20(29-23(15)19)24(34)31-21-8-3-9-22(30-21)35-14-18(33)13-32/h1-12,18,32-33H,13-14H2,(H,30,31,34)/t18-/m0/s1. The van der Waals surface area contributed by atoms with Crippen molar-refractivity contribution in [1.29, 1.82) is 0 Å². The number of rotatable bonds is 7. The molecule has 0 unspecified atom stereocenters. The van der Waals surface area contributed by atoms with E-state index in [2.05, 4.69) is 15.3 Å². The summed E-state index contributed by atoms with van der Waals surface area (Å²) < 4.78 is 44.9. The van der Waals surface area contributed by atoms with E-state index in [0.29, 0.717) is 22.0 Å². The van der Waals surface area contributed by atoms with Crippen LogP contribution in [0.2, 0.25) is 0 Å². The van der Waals surface area contributed by atoms with E-state index in [4.69, 9.17) is 9.84 Å². The molecule has 0 aliphatic carbocycles. The van der Waals surface area contributed by atoms with Gasteiger partial charge in [0.25, 0.3) is 5.91 Å². The highest BCUT2D eigenvalue weighted by atomic mass is 19.4. The monoisotopic (exact) mass is 483 g/mol. The molecule has 2 heterocycles. The number of pyridine rings is 2. The van der Waals surface area contributed by atoms with Gasteiger partial charge in [-0.05, 0) is 29.8 Å². The number of fused-ring (bicyclic) bond motifs is 1. The Hall–Kier alpha value is -4.02. The first-order valence-corrected chi connectivity index (χ1v) is 10.5. The maximum absolute atomic E-state index is 13.2. The fourth-order valence-corrected chi connectivity index (χ4v) is 3.35. The molecule has 4 rings (SSSR count). The molecular weight excluding hydrogens is 463 g/mol. The Morgan fingerprint density at radius 2 is 1.77 bits per heavy atom.